The van der Waals surface area contributed by atoms with Crippen LogP contribution in [0.25, 0.3) is 0 Å². The molecule has 0 saturated heterocycles. The monoisotopic (exact) mass is 444 g/mol. The largest absolute Gasteiger partial charge is 0.496 e. The molecule has 0 aliphatic rings. The van der Waals surface area contributed by atoms with Gasteiger partial charge in [0, 0.05) is 25.2 Å². The number of aliphatic imine (C=N–C) groups is 1. The highest BCUT2D eigenvalue weighted by Crippen LogP contribution is 2.16. The Morgan fingerprint density at radius 1 is 1.25 bits per heavy atom. The fourth-order valence-electron chi connectivity index (χ4n) is 2.10. The summed E-state index contributed by atoms with van der Waals surface area (Å²) in [6, 6.07) is 9.86. The lowest BCUT2D eigenvalue weighted by atomic mass is 10.1. The fourth-order valence-corrected chi connectivity index (χ4v) is 2.10. The van der Waals surface area contributed by atoms with E-state index < -0.39 is 0 Å². The quantitative estimate of drug-likeness (QED) is 0.407. The highest BCUT2D eigenvalue weighted by Gasteiger charge is 2.08. The van der Waals surface area contributed by atoms with E-state index in [1.165, 1.54) is 0 Å². The minimum atomic E-state index is 0. The summed E-state index contributed by atoms with van der Waals surface area (Å²) in [6.45, 7) is 5.33. The number of ether oxygens (including phenoxy) is 1. The molecule has 1 heterocycles. The van der Waals surface area contributed by atoms with E-state index in [4.69, 9.17) is 9.26 Å². The van der Waals surface area contributed by atoms with Crippen LogP contribution in [0.1, 0.15) is 36.8 Å². The van der Waals surface area contributed by atoms with Gasteiger partial charge in [0.1, 0.15) is 5.75 Å². The van der Waals surface area contributed by atoms with Crippen molar-refractivity contribution in [1.29, 1.82) is 0 Å². The van der Waals surface area contributed by atoms with E-state index in [0.717, 1.165) is 22.8 Å². The standard InChI is InChI=1S/C17H24N4O2.HI/c1-12(2)15-9-14(23-21-15)11-20-17(18-3)19-10-13-7-5-6-8-16(13)22-4;/h5-9,12H,10-11H2,1-4H3,(H2,18,19,20);1H. The van der Waals surface area contributed by atoms with E-state index in [2.05, 4.69) is 34.6 Å². The molecule has 2 aromatic rings. The first-order valence-corrected chi connectivity index (χ1v) is 7.66. The van der Waals surface area contributed by atoms with E-state index in [1.807, 2.05) is 30.3 Å². The Balaban J connectivity index is 0.00000288. The molecule has 1 aromatic carbocycles. The average molecular weight is 444 g/mol. The summed E-state index contributed by atoms with van der Waals surface area (Å²) in [5, 5.41) is 10.5. The van der Waals surface area contributed by atoms with Gasteiger partial charge in [-0.05, 0) is 12.0 Å². The minimum absolute atomic E-state index is 0. The molecule has 1 aromatic heterocycles. The summed E-state index contributed by atoms with van der Waals surface area (Å²) in [4.78, 5) is 4.21. The molecular weight excluding hydrogens is 419 g/mol. The molecule has 0 bridgehead atoms. The van der Waals surface area contributed by atoms with Gasteiger partial charge in [0.2, 0.25) is 0 Å². The molecule has 0 fully saturated rings. The van der Waals surface area contributed by atoms with Crippen LogP contribution in [0.2, 0.25) is 0 Å². The van der Waals surface area contributed by atoms with Crippen LogP contribution in [0, 0.1) is 0 Å². The smallest absolute Gasteiger partial charge is 0.191 e. The van der Waals surface area contributed by atoms with Crippen LogP contribution >= 0.6 is 24.0 Å². The van der Waals surface area contributed by atoms with E-state index in [1.54, 1.807) is 14.2 Å². The van der Waals surface area contributed by atoms with Gasteiger partial charge in [0.25, 0.3) is 0 Å². The Morgan fingerprint density at radius 2 is 1.96 bits per heavy atom. The van der Waals surface area contributed by atoms with Crippen LogP contribution in [0.3, 0.4) is 0 Å². The van der Waals surface area contributed by atoms with Gasteiger partial charge < -0.3 is 19.9 Å². The molecule has 0 amide bonds. The average Bonchev–Trinajstić information content (AvgIpc) is 3.04. The molecule has 0 aliphatic heterocycles. The highest BCUT2D eigenvalue weighted by atomic mass is 127. The fraction of sp³-hybridized carbons (Fsp3) is 0.412. The Morgan fingerprint density at radius 3 is 2.58 bits per heavy atom. The van der Waals surface area contributed by atoms with E-state index in [-0.39, 0.29) is 24.0 Å². The Labute approximate surface area is 160 Å². The number of methoxy groups -OCH3 is 1. The zero-order valence-corrected chi connectivity index (χ0v) is 16.8. The molecule has 0 unspecified atom stereocenters. The molecule has 0 aliphatic carbocycles. The topological polar surface area (TPSA) is 71.7 Å². The number of nitrogens with zero attached hydrogens (tertiary/aromatic N) is 2. The first-order chi connectivity index (χ1) is 11.1. The summed E-state index contributed by atoms with van der Waals surface area (Å²) >= 11 is 0. The van der Waals surface area contributed by atoms with Crippen molar-refractivity contribution in [3.05, 3.63) is 47.3 Å². The lowest BCUT2D eigenvalue weighted by molar-refractivity contribution is 0.372. The van der Waals surface area contributed by atoms with Gasteiger partial charge >= 0.3 is 0 Å². The molecule has 2 N–H and O–H groups in total. The predicted octanol–water partition coefficient (Wildman–Crippen LogP) is 3.29. The number of guanidine groups is 1. The number of rotatable bonds is 6. The van der Waals surface area contributed by atoms with Gasteiger partial charge in [0.05, 0.1) is 19.3 Å². The molecule has 0 radical (unpaired) electrons. The van der Waals surface area contributed by atoms with Crippen molar-refractivity contribution in [3.8, 4) is 5.75 Å². The number of hydrogen-bond donors (Lipinski definition) is 2. The maximum atomic E-state index is 5.34. The molecule has 2 rings (SSSR count). The van der Waals surface area contributed by atoms with Gasteiger partial charge in [-0.1, -0.05) is 37.2 Å². The summed E-state index contributed by atoms with van der Waals surface area (Å²) in [7, 11) is 3.40. The first kappa shape index (κ1) is 20.3. The van der Waals surface area contributed by atoms with Crippen molar-refractivity contribution in [2.75, 3.05) is 14.2 Å². The van der Waals surface area contributed by atoms with Gasteiger partial charge in [-0.25, -0.2) is 0 Å². The number of aromatic nitrogens is 1. The first-order valence-electron chi connectivity index (χ1n) is 7.66. The number of para-hydroxylation sites is 1. The molecular formula is C17H25IN4O2. The van der Waals surface area contributed by atoms with Crippen molar-refractivity contribution < 1.29 is 9.26 Å². The Kier molecular flexibility index (Phi) is 8.59. The Bertz CT molecular complexity index is 656. The van der Waals surface area contributed by atoms with Gasteiger partial charge in [0.15, 0.2) is 11.7 Å². The summed E-state index contributed by atoms with van der Waals surface area (Å²) in [5.41, 5.74) is 2.03. The van der Waals surface area contributed by atoms with Crippen LogP contribution in [-0.2, 0) is 13.1 Å². The lowest BCUT2D eigenvalue weighted by Crippen LogP contribution is -2.36. The van der Waals surface area contributed by atoms with Crippen LogP contribution < -0.4 is 15.4 Å². The van der Waals surface area contributed by atoms with Crippen LogP contribution in [0.4, 0.5) is 0 Å². The van der Waals surface area contributed by atoms with Gasteiger partial charge in [-0.3, -0.25) is 4.99 Å². The third kappa shape index (κ3) is 5.70. The maximum Gasteiger partial charge on any atom is 0.191 e. The third-order valence-corrected chi connectivity index (χ3v) is 3.46. The molecule has 132 valence electrons. The molecule has 0 spiro atoms. The zero-order valence-electron chi connectivity index (χ0n) is 14.5. The number of nitrogens with one attached hydrogen (secondary N) is 2. The molecule has 7 heteroatoms. The molecule has 0 atom stereocenters. The van der Waals surface area contributed by atoms with Gasteiger partial charge in [-0.15, -0.1) is 24.0 Å². The number of halogens is 1. The van der Waals surface area contributed by atoms with Gasteiger partial charge in [-0.2, -0.15) is 0 Å². The van der Waals surface area contributed by atoms with E-state index >= 15 is 0 Å². The molecule has 0 saturated carbocycles. The predicted molar refractivity (Wildman–Crippen MR) is 106 cm³/mol. The summed E-state index contributed by atoms with van der Waals surface area (Å²) < 4.78 is 10.6. The highest BCUT2D eigenvalue weighted by molar-refractivity contribution is 14.0. The SMILES string of the molecule is CN=C(NCc1cc(C(C)C)no1)NCc1ccccc1OC.I. The van der Waals surface area contributed by atoms with Crippen molar-refractivity contribution in [2.24, 2.45) is 4.99 Å². The second kappa shape index (κ2) is 10.2. The van der Waals surface area contributed by atoms with E-state index in [0.29, 0.717) is 25.0 Å². The van der Waals surface area contributed by atoms with Crippen LogP contribution in [0.5, 0.6) is 5.75 Å². The second-order valence-electron chi connectivity index (χ2n) is 5.46. The number of hydrogen-bond acceptors (Lipinski definition) is 4. The second-order valence-corrected chi connectivity index (χ2v) is 5.46. The van der Waals surface area contributed by atoms with E-state index in [9.17, 15) is 0 Å². The third-order valence-electron chi connectivity index (χ3n) is 3.46. The molecule has 6 nitrogen and oxygen atoms in total. The molecule has 24 heavy (non-hydrogen) atoms. The summed E-state index contributed by atoms with van der Waals surface area (Å²) in [6.07, 6.45) is 0. The maximum absolute atomic E-state index is 5.34. The van der Waals surface area contributed by atoms with Crippen molar-refractivity contribution in [2.45, 2.75) is 32.9 Å². The normalized spacial score (nSPS) is 11.1. The van der Waals surface area contributed by atoms with Crippen LogP contribution in [0.15, 0.2) is 39.8 Å². The van der Waals surface area contributed by atoms with Crippen LogP contribution in [-0.4, -0.2) is 25.3 Å². The Hall–Kier alpha value is -1.77. The lowest BCUT2D eigenvalue weighted by Gasteiger charge is -2.12. The van der Waals surface area contributed by atoms with Crippen molar-refractivity contribution >= 4 is 29.9 Å². The number of benzene rings is 1. The van der Waals surface area contributed by atoms with Crippen molar-refractivity contribution in [3.63, 3.8) is 0 Å². The minimum Gasteiger partial charge on any atom is -0.496 e. The van der Waals surface area contributed by atoms with Crippen molar-refractivity contribution in [1.82, 2.24) is 15.8 Å². The summed E-state index contributed by atoms with van der Waals surface area (Å²) in [5.74, 6) is 2.69. The zero-order chi connectivity index (χ0) is 16.7.